The van der Waals surface area contributed by atoms with E-state index in [0.29, 0.717) is 16.7 Å². The molecule has 5 heteroatoms. The molecule has 0 amide bonds. The molecule has 0 radical (unpaired) electrons. The zero-order valence-electron chi connectivity index (χ0n) is 8.66. The molecule has 0 atom stereocenters. The van der Waals surface area contributed by atoms with Gasteiger partial charge < -0.3 is 5.32 Å². The number of hydrogen-bond acceptors (Lipinski definition) is 1. The summed E-state index contributed by atoms with van der Waals surface area (Å²) >= 11 is 3.05. The standard InChI is InChI=1S/C11H11BrF3N/c1-7(2)6-16-10-4-8(11(13,14)15)3-9(12)5-10/h3-5,16H,1,6H2,2H3. The number of nitrogens with one attached hydrogen (secondary N) is 1. The van der Waals surface area contributed by atoms with Crippen molar-refractivity contribution in [1.82, 2.24) is 0 Å². The predicted octanol–water partition coefficient (Wildman–Crippen LogP) is 4.46. The maximum absolute atomic E-state index is 12.5. The van der Waals surface area contributed by atoms with Gasteiger partial charge in [-0.15, -0.1) is 0 Å². The molecule has 0 unspecified atom stereocenters. The molecule has 0 aliphatic heterocycles. The van der Waals surface area contributed by atoms with E-state index in [2.05, 4.69) is 27.8 Å². The fraction of sp³-hybridized carbons (Fsp3) is 0.273. The molecule has 0 aliphatic carbocycles. The molecule has 1 aromatic carbocycles. The van der Waals surface area contributed by atoms with E-state index in [-0.39, 0.29) is 0 Å². The number of hydrogen-bond donors (Lipinski definition) is 1. The van der Waals surface area contributed by atoms with Crippen LogP contribution in [0.5, 0.6) is 0 Å². The van der Waals surface area contributed by atoms with E-state index in [1.165, 1.54) is 0 Å². The molecule has 0 heterocycles. The quantitative estimate of drug-likeness (QED) is 0.812. The third-order valence-electron chi connectivity index (χ3n) is 1.82. The molecular weight excluding hydrogens is 283 g/mol. The summed E-state index contributed by atoms with van der Waals surface area (Å²) < 4.78 is 37.8. The van der Waals surface area contributed by atoms with Gasteiger partial charge in [-0.3, -0.25) is 0 Å². The summed E-state index contributed by atoms with van der Waals surface area (Å²) in [5.74, 6) is 0. The van der Waals surface area contributed by atoms with Gasteiger partial charge in [0.05, 0.1) is 5.56 Å². The topological polar surface area (TPSA) is 12.0 Å². The zero-order chi connectivity index (χ0) is 12.3. The van der Waals surface area contributed by atoms with E-state index in [1.54, 1.807) is 13.0 Å². The average molecular weight is 294 g/mol. The van der Waals surface area contributed by atoms with Gasteiger partial charge in [0.1, 0.15) is 0 Å². The summed E-state index contributed by atoms with van der Waals surface area (Å²) in [7, 11) is 0. The first kappa shape index (κ1) is 13.1. The Balaban J connectivity index is 2.94. The molecule has 88 valence electrons. The summed E-state index contributed by atoms with van der Waals surface area (Å²) in [6.07, 6.45) is -4.33. The van der Waals surface area contributed by atoms with Crippen LogP contribution in [-0.4, -0.2) is 6.54 Å². The van der Waals surface area contributed by atoms with Gasteiger partial charge in [0.2, 0.25) is 0 Å². The molecule has 1 rings (SSSR count). The molecule has 0 fully saturated rings. The van der Waals surface area contributed by atoms with Gasteiger partial charge >= 0.3 is 6.18 Å². The highest BCUT2D eigenvalue weighted by molar-refractivity contribution is 9.10. The van der Waals surface area contributed by atoms with E-state index in [1.807, 2.05) is 0 Å². The van der Waals surface area contributed by atoms with E-state index >= 15 is 0 Å². The number of anilines is 1. The molecule has 0 saturated carbocycles. The van der Waals surface area contributed by atoms with Crippen molar-refractivity contribution in [3.63, 3.8) is 0 Å². The van der Waals surface area contributed by atoms with Crippen molar-refractivity contribution in [3.8, 4) is 0 Å². The number of benzene rings is 1. The van der Waals surface area contributed by atoms with Crippen LogP contribution in [-0.2, 0) is 6.18 Å². The van der Waals surface area contributed by atoms with Crippen molar-refractivity contribution in [1.29, 1.82) is 0 Å². The van der Waals surface area contributed by atoms with E-state index in [9.17, 15) is 13.2 Å². The minimum atomic E-state index is -4.33. The summed E-state index contributed by atoms with van der Waals surface area (Å²) in [5.41, 5.74) is 0.601. The summed E-state index contributed by atoms with van der Waals surface area (Å²) in [5, 5.41) is 2.87. The third kappa shape index (κ3) is 3.89. The van der Waals surface area contributed by atoms with Crippen LogP contribution in [0, 0.1) is 0 Å². The van der Waals surface area contributed by atoms with Crippen LogP contribution in [0.15, 0.2) is 34.8 Å². The van der Waals surface area contributed by atoms with Crippen LogP contribution in [0.2, 0.25) is 0 Å². The summed E-state index contributed by atoms with van der Waals surface area (Å²) in [6, 6.07) is 3.72. The Kier molecular flexibility index (Phi) is 4.02. The van der Waals surface area contributed by atoms with E-state index in [0.717, 1.165) is 17.7 Å². The van der Waals surface area contributed by atoms with Crippen LogP contribution >= 0.6 is 15.9 Å². The first-order chi connectivity index (χ1) is 7.29. The first-order valence-electron chi connectivity index (χ1n) is 4.55. The molecule has 1 N–H and O–H groups in total. The van der Waals surface area contributed by atoms with Gasteiger partial charge in [-0.25, -0.2) is 0 Å². The van der Waals surface area contributed by atoms with Crippen LogP contribution in [0.4, 0.5) is 18.9 Å². The first-order valence-corrected chi connectivity index (χ1v) is 5.34. The highest BCUT2D eigenvalue weighted by Crippen LogP contribution is 2.33. The molecule has 0 bridgehead atoms. The maximum Gasteiger partial charge on any atom is 0.416 e. The number of halogens is 4. The Morgan fingerprint density at radius 3 is 2.50 bits per heavy atom. The molecular formula is C11H11BrF3N. The highest BCUT2D eigenvalue weighted by Gasteiger charge is 2.31. The second-order valence-electron chi connectivity index (χ2n) is 3.54. The molecule has 1 nitrogen and oxygen atoms in total. The lowest BCUT2D eigenvalue weighted by Gasteiger charge is -2.11. The second kappa shape index (κ2) is 4.91. The van der Waals surface area contributed by atoms with Crippen LogP contribution in [0.25, 0.3) is 0 Å². The van der Waals surface area contributed by atoms with Crippen molar-refractivity contribution >= 4 is 21.6 Å². The third-order valence-corrected chi connectivity index (χ3v) is 2.28. The smallest absolute Gasteiger partial charge is 0.381 e. The minimum Gasteiger partial charge on any atom is -0.381 e. The zero-order valence-corrected chi connectivity index (χ0v) is 10.2. The van der Waals surface area contributed by atoms with Crippen molar-refractivity contribution in [3.05, 3.63) is 40.4 Å². The normalized spacial score (nSPS) is 11.3. The second-order valence-corrected chi connectivity index (χ2v) is 4.45. The van der Waals surface area contributed by atoms with Gasteiger partial charge in [0, 0.05) is 16.7 Å². The monoisotopic (exact) mass is 293 g/mol. The van der Waals surface area contributed by atoms with Crippen molar-refractivity contribution in [2.24, 2.45) is 0 Å². The largest absolute Gasteiger partial charge is 0.416 e. The van der Waals surface area contributed by atoms with Gasteiger partial charge in [0.15, 0.2) is 0 Å². The Hall–Kier alpha value is -0.970. The minimum absolute atomic E-state index is 0.395. The van der Waals surface area contributed by atoms with Crippen molar-refractivity contribution in [2.45, 2.75) is 13.1 Å². The van der Waals surface area contributed by atoms with E-state index in [4.69, 9.17) is 0 Å². The van der Waals surface area contributed by atoms with Gasteiger partial charge in [-0.2, -0.15) is 13.2 Å². The average Bonchev–Trinajstić information content (AvgIpc) is 2.12. The molecule has 0 aliphatic rings. The Bertz CT molecular complexity index is 399. The fourth-order valence-electron chi connectivity index (χ4n) is 1.11. The molecule has 1 aromatic rings. The molecule has 16 heavy (non-hydrogen) atoms. The lowest BCUT2D eigenvalue weighted by Crippen LogP contribution is -2.07. The Labute approximate surface area is 100 Å². The SMILES string of the molecule is C=C(C)CNc1cc(Br)cc(C(F)(F)F)c1. The van der Waals surface area contributed by atoms with Gasteiger partial charge in [-0.05, 0) is 25.1 Å². The van der Waals surface area contributed by atoms with E-state index < -0.39 is 11.7 Å². The predicted molar refractivity (Wildman–Crippen MR) is 62.4 cm³/mol. The lowest BCUT2D eigenvalue weighted by molar-refractivity contribution is -0.137. The van der Waals surface area contributed by atoms with Crippen molar-refractivity contribution < 1.29 is 13.2 Å². The van der Waals surface area contributed by atoms with Gasteiger partial charge in [0.25, 0.3) is 0 Å². The summed E-state index contributed by atoms with van der Waals surface area (Å²) in [6.45, 7) is 5.92. The van der Waals surface area contributed by atoms with Crippen LogP contribution in [0.1, 0.15) is 12.5 Å². The van der Waals surface area contributed by atoms with Gasteiger partial charge in [-0.1, -0.05) is 28.1 Å². The Morgan fingerprint density at radius 1 is 1.38 bits per heavy atom. The number of rotatable bonds is 3. The fourth-order valence-corrected chi connectivity index (χ4v) is 1.60. The molecule has 0 spiro atoms. The molecule has 0 aromatic heterocycles. The molecule has 0 saturated heterocycles. The van der Waals surface area contributed by atoms with Crippen molar-refractivity contribution in [2.75, 3.05) is 11.9 Å². The van der Waals surface area contributed by atoms with Crippen LogP contribution in [0.3, 0.4) is 0 Å². The maximum atomic E-state index is 12.5. The highest BCUT2D eigenvalue weighted by atomic mass is 79.9. The lowest BCUT2D eigenvalue weighted by atomic mass is 10.2. The Morgan fingerprint density at radius 2 is 2.00 bits per heavy atom. The van der Waals surface area contributed by atoms with Crippen LogP contribution < -0.4 is 5.32 Å². The summed E-state index contributed by atoms with van der Waals surface area (Å²) in [4.78, 5) is 0. The number of alkyl halides is 3.